The first-order chi connectivity index (χ1) is 14.5. The van der Waals surface area contributed by atoms with Crippen LogP contribution in [-0.4, -0.2) is 20.1 Å². The van der Waals surface area contributed by atoms with Gasteiger partial charge in [0.25, 0.3) is 5.91 Å². The molecule has 30 heavy (non-hydrogen) atoms. The van der Waals surface area contributed by atoms with Gasteiger partial charge in [-0.15, -0.1) is 0 Å². The summed E-state index contributed by atoms with van der Waals surface area (Å²) in [6, 6.07) is 21.6. The van der Waals surface area contributed by atoms with Gasteiger partial charge >= 0.3 is 0 Å². The third kappa shape index (κ3) is 4.70. The van der Waals surface area contributed by atoms with Crippen LogP contribution in [0.15, 0.2) is 66.7 Å². The van der Waals surface area contributed by atoms with Gasteiger partial charge in [0.15, 0.2) is 11.5 Å². The second kappa shape index (κ2) is 9.48. The average Bonchev–Trinajstić information content (AvgIpc) is 2.78. The van der Waals surface area contributed by atoms with Gasteiger partial charge in [0.2, 0.25) is 6.10 Å². The second-order valence-electron chi connectivity index (χ2n) is 6.58. The SMILES string of the molecule is COc1ccc(C)cc1NC(=O)C(Oc1ccc(C#N)cc1OC)c1ccccc1. The molecule has 0 saturated heterocycles. The number of methoxy groups -OCH3 is 2. The second-order valence-corrected chi connectivity index (χ2v) is 6.58. The molecule has 3 aromatic rings. The Hall–Kier alpha value is -3.98. The van der Waals surface area contributed by atoms with E-state index in [0.717, 1.165) is 5.56 Å². The molecule has 6 heteroatoms. The minimum atomic E-state index is -0.946. The van der Waals surface area contributed by atoms with Crippen LogP contribution in [0.3, 0.4) is 0 Å². The number of nitrogens with zero attached hydrogens (tertiary/aromatic N) is 1. The molecule has 0 bridgehead atoms. The first kappa shape index (κ1) is 20.7. The molecule has 0 aromatic heterocycles. The maximum absolute atomic E-state index is 13.2. The van der Waals surface area contributed by atoms with E-state index in [1.54, 1.807) is 31.4 Å². The molecule has 0 fully saturated rings. The lowest BCUT2D eigenvalue weighted by atomic mass is 10.1. The number of hydrogen-bond acceptors (Lipinski definition) is 5. The van der Waals surface area contributed by atoms with Crippen LogP contribution in [-0.2, 0) is 4.79 Å². The van der Waals surface area contributed by atoms with E-state index in [-0.39, 0.29) is 5.91 Å². The molecule has 0 aliphatic rings. The Bertz CT molecular complexity index is 1070. The topological polar surface area (TPSA) is 80.6 Å². The van der Waals surface area contributed by atoms with E-state index in [2.05, 4.69) is 11.4 Å². The number of amides is 1. The third-order valence-corrected chi connectivity index (χ3v) is 4.49. The van der Waals surface area contributed by atoms with Crippen molar-refractivity contribution < 1.29 is 19.0 Å². The van der Waals surface area contributed by atoms with Gasteiger partial charge in [-0.25, -0.2) is 0 Å². The first-order valence-electron chi connectivity index (χ1n) is 9.31. The van der Waals surface area contributed by atoms with E-state index in [0.29, 0.717) is 34.1 Å². The van der Waals surface area contributed by atoms with Gasteiger partial charge in [-0.3, -0.25) is 4.79 Å². The summed E-state index contributed by atoms with van der Waals surface area (Å²) in [6.07, 6.45) is -0.946. The van der Waals surface area contributed by atoms with Crippen LogP contribution in [0.5, 0.6) is 17.2 Å². The number of nitriles is 1. The molecule has 3 rings (SSSR count). The molecule has 1 unspecified atom stereocenters. The van der Waals surface area contributed by atoms with Crippen molar-refractivity contribution in [2.75, 3.05) is 19.5 Å². The highest BCUT2D eigenvalue weighted by Gasteiger charge is 2.25. The van der Waals surface area contributed by atoms with Gasteiger partial charge in [-0.1, -0.05) is 36.4 Å². The minimum absolute atomic E-state index is 0.358. The molecule has 0 aliphatic heterocycles. The lowest BCUT2D eigenvalue weighted by Crippen LogP contribution is -2.26. The van der Waals surface area contributed by atoms with Crippen LogP contribution < -0.4 is 19.5 Å². The van der Waals surface area contributed by atoms with E-state index in [1.807, 2.05) is 49.4 Å². The summed E-state index contributed by atoms with van der Waals surface area (Å²) in [4.78, 5) is 13.2. The molecular formula is C24H22N2O4. The summed E-state index contributed by atoms with van der Waals surface area (Å²) < 4.78 is 16.8. The number of carbonyl (C=O) groups excluding carboxylic acids is 1. The summed E-state index contributed by atoms with van der Waals surface area (Å²) in [5, 5.41) is 12.0. The largest absolute Gasteiger partial charge is 0.495 e. The first-order valence-corrected chi connectivity index (χ1v) is 9.31. The van der Waals surface area contributed by atoms with Crippen LogP contribution >= 0.6 is 0 Å². The summed E-state index contributed by atoms with van der Waals surface area (Å²) in [5.74, 6) is 0.917. The number of aryl methyl sites for hydroxylation is 1. The van der Waals surface area contributed by atoms with E-state index < -0.39 is 6.10 Å². The molecule has 0 saturated carbocycles. The van der Waals surface area contributed by atoms with Crippen molar-refractivity contribution in [3.63, 3.8) is 0 Å². The van der Waals surface area contributed by atoms with Gasteiger partial charge in [-0.05, 0) is 36.8 Å². The van der Waals surface area contributed by atoms with E-state index >= 15 is 0 Å². The van der Waals surface area contributed by atoms with Gasteiger partial charge in [0.1, 0.15) is 5.75 Å². The van der Waals surface area contributed by atoms with Crippen molar-refractivity contribution in [2.24, 2.45) is 0 Å². The number of rotatable bonds is 7. The molecule has 0 heterocycles. The van der Waals surface area contributed by atoms with E-state index in [1.165, 1.54) is 7.11 Å². The Labute approximate surface area is 175 Å². The average molecular weight is 402 g/mol. The molecule has 1 N–H and O–H groups in total. The van der Waals surface area contributed by atoms with E-state index in [9.17, 15) is 4.79 Å². The standard InChI is InChI=1S/C24H22N2O4/c1-16-9-11-20(28-2)19(13-16)26-24(27)23(18-7-5-4-6-8-18)30-21-12-10-17(15-25)14-22(21)29-3/h4-14,23H,1-3H3,(H,26,27). The lowest BCUT2D eigenvalue weighted by Gasteiger charge is -2.21. The van der Waals surface area contributed by atoms with Crippen LogP contribution in [0.2, 0.25) is 0 Å². The molecule has 0 spiro atoms. The Morgan fingerprint density at radius 2 is 1.63 bits per heavy atom. The van der Waals surface area contributed by atoms with Gasteiger partial charge in [0.05, 0.1) is 31.5 Å². The maximum atomic E-state index is 13.2. The van der Waals surface area contributed by atoms with Crippen LogP contribution in [0.4, 0.5) is 5.69 Å². The van der Waals surface area contributed by atoms with Crippen LogP contribution in [0.1, 0.15) is 22.8 Å². The highest BCUT2D eigenvalue weighted by Crippen LogP contribution is 2.33. The molecule has 0 aliphatic carbocycles. The van der Waals surface area contributed by atoms with Crippen molar-refractivity contribution in [2.45, 2.75) is 13.0 Å². The highest BCUT2D eigenvalue weighted by atomic mass is 16.5. The molecule has 6 nitrogen and oxygen atoms in total. The van der Waals surface area contributed by atoms with Crippen LogP contribution in [0, 0.1) is 18.3 Å². The molecule has 3 aromatic carbocycles. The Balaban J connectivity index is 1.96. The van der Waals surface area contributed by atoms with Crippen LogP contribution in [0.25, 0.3) is 0 Å². The summed E-state index contributed by atoms with van der Waals surface area (Å²) >= 11 is 0. The van der Waals surface area contributed by atoms with Gasteiger partial charge in [-0.2, -0.15) is 5.26 Å². The van der Waals surface area contributed by atoms with Crippen molar-refractivity contribution in [3.8, 4) is 23.3 Å². The molecular weight excluding hydrogens is 380 g/mol. The number of ether oxygens (including phenoxy) is 3. The Morgan fingerprint density at radius 1 is 0.933 bits per heavy atom. The highest BCUT2D eigenvalue weighted by molar-refractivity contribution is 5.96. The van der Waals surface area contributed by atoms with E-state index in [4.69, 9.17) is 19.5 Å². The predicted molar refractivity (Wildman–Crippen MR) is 114 cm³/mol. The Kier molecular flexibility index (Phi) is 6.56. The van der Waals surface area contributed by atoms with Gasteiger partial charge in [0, 0.05) is 11.6 Å². The summed E-state index contributed by atoms with van der Waals surface area (Å²) in [5.41, 5.74) is 2.65. The molecule has 152 valence electrons. The zero-order valence-electron chi connectivity index (χ0n) is 17.0. The Morgan fingerprint density at radius 3 is 2.30 bits per heavy atom. The number of hydrogen-bond donors (Lipinski definition) is 1. The monoisotopic (exact) mass is 402 g/mol. The van der Waals surface area contributed by atoms with Crippen molar-refractivity contribution in [3.05, 3.63) is 83.4 Å². The van der Waals surface area contributed by atoms with Crippen molar-refractivity contribution in [1.82, 2.24) is 0 Å². The number of anilines is 1. The summed E-state index contributed by atoms with van der Waals surface area (Å²) in [7, 11) is 3.03. The maximum Gasteiger partial charge on any atom is 0.270 e. The fourth-order valence-corrected chi connectivity index (χ4v) is 2.98. The quantitative estimate of drug-likeness (QED) is 0.623. The van der Waals surface area contributed by atoms with Crippen molar-refractivity contribution in [1.29, 1.82) is 5.26 Å². The zero-order chi connectivity index (χ0) is 21.5. The lowest BCUT2D eigenvalue weighted by molar-refractivity contribution is -0.123. The smallest absolute Gasteiger partial charge is 0.270 e. The zero-order valence-corrected chi connectivity index (χ0v) is 17.0. The third-order valence-electron chi connectivity index (χ3n) is 4.49. The molecule has 0 radical (unpaired) electrons. The predicted octanol–water partition coefficient (Wildman–Crippen LogP) is 4.64. The van der Waals surface area contributed by atoms with Gasteiger partial charge < -0.3 is 19.5 Å². The molecule has 1 atom stereocenters. The number of nitrogens with one attached hydrogen (secondary N) is 1. The number of benzene rings is 3. The normalized spacial score (nSPS) is 11.1. The number of carbonyl (C=O) groups is 1. The molecule has 1 amide bonds. The minimum Gasteiger partial charge on any atom is -0.495 e. The fourth-order valence-electron chi connectivity index (χ4n) is 2.98. The fraction of sp³-hybridized carbons (Fsp3) is 0.167. The van der Waals surface area contributed by atoms with Crippen molar-refractivity contribution >= 4 is 11.6 Å². The summed E-state index contributed by atoms with van der Waals surface area (Å²) in [6.45, 7) is 1.93.